The van der Waals surface area contributed by atoms with Crippen LogP contribution in [0, 0.1) is 0 Å². The van der Waals surface area contributed by atoms with E-state index in [0.717, 1.165) is 12.1 Å². The number of carbonyl (C=O) groups is 1. The highest BCUT2D eigenvalue weighted by Crippen LogP contribution is 2.38. The number of nitrogens with one attached hydrogen (secondary N) is 1. The summed E-state index contributed by atoms with van der Waals surface area (Å²) in [4.78, 5) is 10.9. The van der Waals surface area contributed by atoms with Crippen molar-refractivity contribution in [3.63, 3.8) is 0 Å². The van der Waals surface area contributed by atoms with E-state index in [1.165, 1.54) is 11.4 Å². The third kappa shape index (κ3) is 2.40. The molecule has 0 bridgehead atoms. The molecule has 104 valence electrons. The van der Waals surface area contributed by atoms with Crippen LogP contribution in [0.15, 0.2) is 18.2 Å². The van der Waals surface area contributed by atoms with E-state index in [1.54, 1.807) is 0 Å². The predicted octanol–water partition coefficient (Wildman–Crippen LogP) is 2.55. The molecular weight excluding hydrogens is 277 g/mol. The fourth-order valence-electron chi connectivity index (χ4n) is 1.31. The van der Waals surface area contributed by atoms with Crippen molar-refractivity contribution in [2.24, 2.45) is 0 Å². The number of benzene rings is 1. The number of amides is 1. The highest BCUT2D eigenvalue weighted by Gasteiger charge is 2.63. The molecule has 19 heavy (non-hydrogen) atoms. The molecule has 0 fully saturated rings. The van der Waals surface area contributed by atoms with E-state index in [0.29, 0.717) is 5.75 Å². The van der Waals surface area contributed by atoms with Gasteiger partial charge < -0.3 is 14.8 Å². The van der Waals surface area contributed by atoms with Crippen LogP contribution in [0.1, 0.15) is 0 Å². The van der Waals surface area contributed by atoms with Crippen LogP contribution in [-0.4, -0.2) is 24.8 Å². The van der Waals surface area contributed by atoms with E-state index in [-0.39, 0.29) is 18.2 Å². The number of hydrogen-bond acceptors (Lipinski definition) is 3. The lowest BCUT2D eigenvalue weighted by molar-refractivity contribution is -0.267. The van der Waals surface area contributed by atoms with Gasteiger partial charge in [-0.3, -0.25) is 4.79 Å². The monoisotopic (exact) mass is 283 g/mol. The molecule has 0 spiro atoms. The average molecular weight is 283 g/mol. The van der Waals surface area contributed by atoms with Crippen molar-refractivity contribution < 1.29 is 36.2 Å². The van der Waals surface area contributed by atoms with Crippen LogP contribution in [-0.2, 0) is 4.79 Å². The lowest BCUT2D eigenvalue weighted by Gasteiger charge is -2.18. The Morgan fingerprint density at radius 3 is 2.37 bits per heavy atom. The Bertz CT molecular complexity index is 514. The normalized spacial score (nSPS) is 14.4. The van der Waals surface area contributed by atoms with Gasteiger partial charge in [-0.1, -0.05) is 0 Å². The molecule has 0 atom stereocenters. The van der Waals surface area contributed by atoms with E-state index >= 15 is 0 Å². The fraction of sp³-hybridized carbons (Fsp3) is 0.300. The summed E-state index contributed by atoms with van der Waals surface area (Å²) in [5, 5.41) is 1.47. The Kier molecular flexibility index (Phi) is 2.99. The van der Waals surface area contributed by atoms with Gasteiger partial charge in [0.15, 0.2) is 11.5 Å². The summed E-state index contributed by atoms with van der Waals surface area (Å²) in [6, 6.07) is 3.49. The number of rotatable bonds is 2. The molecule has 0 unspecified atom stereocenters. The molecule has 1 aromatic rings. The molecule has 9 heteroatoms. The van der Waals surface area contributed by atoms with E-state index in [9.17, 15) is 26.7 Å². The average Bonchev–Trinajstić information content (AvgIpc) is 2.74. The highest BCUT2D eigenvalue weighted by atomic mass is 19.4. The molecule has 0 aliphatic carbocycles. The van der Waals surface area contributed by atoms with Gasteiger partial charge >= 0.3 is 18.0 Å². The zero-order valence-corrected chi connectivity index (χ0v) is 9.05. The summed E-state index contributed by atoms with van der Waals surface area (Å²) in [6.07, 6.45) is -5.95. The Labute approximate surface area is 103 Å². The van der Waals surface area contributed by atoms with Gasteiger partial charge in [0, 0.05) is 11.8 Å². The van der Waals surface area contributed by atoms with Crippen molar-refractivity contribution in [3.05, 3.63) is 18.2 Å². The molecule has 0 aromatic heterocycles. The van der Waals surface area contributed by atoms with E-state index in [2.05, 4.69) is 0 Å². The molecule has 0 saturated heterocycles. The summed E-state index contributed by atoms with van der Waals surface area (Å²) in [6.45, 7) is -0.0918. The number of fused-ring (bicyclic) bond motifs is 1. The summed E-state index contributed by atoms with van der Waals surface area (Å²) < 4.78 is 71.0. The van der Waals surface area contributed by atoms with Crippen molar-refractivity contribution in [1.82, 2.24) is 0 Å². The van der Waals surface area contributed by atoms with Gasteiger partial charge in [0.1, 0.15) is 0 Å². The number of hydrogen-bond donors (Lipinski definition) is 1. The number of carbonyl (C=O) groups excluding carboxylic acids is 1. The maximum Gasteiger partial charge on any atom is 0.463 e. The zero-order valence-electron chi connectivity index (χ0n) is 9.05. The Hall–Kier alpha value is -2.06. The minimum absolute atomic E-state index is 0.0918. The van der Waals surface area contributed by atoms with Gasteiger partial charge in [-0.25, -0.2) is 0 Å². The van der Waals surface area contributed by atoms with E-state index < -0.39 is 18.0 Å². The Balaban J connectivity index is 2.16. The molecule has 1 aliphatic heterocycles. The fourth-order valence-corrected chi connectivity index (χ4v) is 1.31. The number of halogens is 5. The molecular formula is C10H6F5NO3. The second kappa shape index (κ2) is 4.25. The van der Waals surface area contributed by atoms with E-state index in [4.69, 9.17) is 9.47 Å². The molecule has 0 radical (unpaired) electrons. The number of ether oxygens (including phenoxy) is 2. The highest BCUT2D eigenvalue weighted by molar-refractivity contribution is 5.97. The first-order valence-corrected chi connectivity index (χ1v) is 4.87. The van der Waals surface area contributed by atoms with Crippen LogP contribution in [0.4, 0.5) is 27.6 Å². The van der Waals surface area contributed by atoms with Crippen LogP contribution in [0.2, 0.25) is 0 Å². The van der Waals surface area contributed by atoms with Gasteiger partial charge in [0.2, 0.25) is 6.79 Å². The van der Waals surface area contributed by atoms with Crippen molar-refractivity contribution in [2.45, 2.75) is 12.1 Å². The topological polar surface area (TPSA) is 47.6 Å². The maximum atomic E-state index is 12.7. The van der Waals surface area contributed by atoms with Gasteiger partial charge in [-0.15, -0.1) is 0 Å². The molecule has 1 amide bonds. The van der Waals surface area contributed by atoms with Crippen molar-refractivity contribution in [3.8, 4) is 11.5 Å². The smallest absolute Gasteiger partial charge is 0.454 e. The molecule has 1 aromatic carbocycles. The van der Waals surface area contributed by atoms with Crippen LogP contribution in [0.25, 0.3) is 0 Å². The second-order valence-corrected chi connectivity index (χ2v) is 3.59. The largest absolute Gasteiger partial charge is 0.463 e. The zero-order chi connectivity index (χ0) is 14.3. The lowest BCUT2D eigenvalue weighted by Crippen LogP contribution is -2.47. The first-order chi connectivity index (χ1) is 8.72. The Morgan fingerprint density at radius 2 is 1.74 bits per heavy atom. The van der Waals surface area contributed by atoms with E-state index in [1.807, 2.05) is 0 Å². The summed E-state index contributed by atoms with van der Waals surface area (Å²) in [5.41, 5.74) is -0.252. The van der Waals surface area contributed by atoms with Crippen molar-refractivity contribution >= 4 is 11.6 Å². The lowest BCUT2D eigenvalue weighted by atomic mass is 10.2. The second-order valence-electron chi connectivity index (χ2n) is 3.59. The molecule has 1 aliphatic rings. The first kappa shape index (κ1) is 13.4. The molecule has 4 nitrogen and oxygen atoms in total. The molecule has 0 saturated carbocycles. The SMILES string of the molecule is O=C(Nc1ccc2c(c1)OCO2)C(F)(F)C(F)(F)F. The van der Waals surface area contributed by atoms with Gasteiger partial charge in [0.05, 0.1) is 0 Å². The number of alkyl halides is 5. The van der Waals surface area contributed by atoms with Gasteiger partial charge in [0.25, 0.3) is 0 Å². The van der Waals surface area contributed by atoms with Crippen LogP contribution >= 0.6 is 0 Å². The predicted molar refractivity (Wildman–Crippen MR) is 52.2 cm³/mol. The van der Waals surface area contributed by atoms with Gasteiger partial charge in [-0.2, -0.15) is 22.0 Å². The minimum Gasteiger partial charge on any atom is -0.454 e. The minimum atomic E-state index is -5.95. The molecule has 1 heterocycles. The summed E-state index contributed by atoms with van der Waals surface area (Å²) in [5.74, 6) is -7.48. The van der Waals surface area contributed by atoms with Crippen LogP contribution in [0.3, 0.4) is 0 Å². The van der Waals surface area contributed by atoms with Crippen LogP contribution in [0.5, 0.6) is 11.5 Å². The molecule has 1 N–H and O–H groups in total. The van der Waals surface area contributed by atoms with Crippen molar-refractivity contribution in [1.29, 1.82) is 0 Å². The summed E-state index contributed by atoms with van der Waals surface area (Å²) >= 11 is 0. The van der Waals surface area contributed by atoms with Crippen molar-refractivity contribution in [2.75, 3.05) is 12.1 Å². The van der Waals surface area contributed by atoms with Gasteiger partial charge in [-0.05, 0) is 12.1 Å². The first-order valence-electron chi connectivity index (χ1n) is 4.87. The summed E-state index contributed by atoms with van der Waals surface area (Å²) in [7, 11) is 0. The third-order valence-corrected chi connectivity index (χ3v) is 2.27. The van der Waals surface area contributed by atoms with Crippen LogP contribution < -0.4 is 14.8 Å². The number of anilines is 1. The third-order valence-electron chi connectivity index (χ3n) is 2.27. The maximum absolute atomic E-state index is 12.7. The Morgan fingerprint density at radius 1 is 1.11 bits per heavy atom. The standard InChI is InChI=1S/C10H6F5NO3/c11-9(12,10(13,14)15)8(17)16-5-1-2-6-7(3-5)19-4-18-6/h1-3H,4H2,(H,16,17). The molecule has 2 rings (SSSR count). The quantitative estimate of drug-likeness (QED) is 0.848.